The SMILES string of the molecule is CCOC(=O)C(CCc1ccccc1)N[C@@H](C)C(=O)N1CCC2(CCSC2)[C@H]1C(=O)O. The molecule has 170 valence electrons. The van der Waals surface area contributed by atoms with Gasteiger partial charge in [0.1, 0.15) is 12.1 Å². The highest BCUT2D eigenvalue weighted by Gasteiger charge is 2.54. The summed E-state index contributed by atoms with van der Waals surface area (Å²) in [7, 11) is 0. The summed E-state index contributed by atoms with van der Waals surface area (Å²) in [6, 6.07) is 7.71. The smallest absolute Gasteiger partial charge is 0.327 e. The van der Waals surface area contributed by atoms with Crippen molar-refractivity contribution in [2.75, 3.05) is 24.7 Å². The second kappa shape index (κ2) is 10.5. The van der Waals surface area contributed by atoms with Gasteiger partial charge in [0.25, 0.3) is 0 Å². The molecule has 2 saturated heterocycles. The molecular formula is C23H32N2O5S. The molecule has 7 nitrogen and oxygen atoms in total. The van der Waals surface area contributed by atoms with Crippen LogP contribution < -0.4 is 5.32 Å². The van der Waals surface area contributed by atoms with E-state index in [2.05, 4.69) is 5.32 Å². The van der Waals surface area contributed by atoms with E-state index in [1.165, 1.54) is 4.90 Å². The van der Waals surface area contributed by atoms with E-state index < -0.39 is 30.1 Å². The van der Waals surface area contributed by atoms with Crippen molar-refractivity contribution >= 4 is 29.6 Å². The Balaban J connectivity index is 1.68. The molecule has 2 N–H and O–H groups in total. The molecule has 0 aliphatic carbocycles. The van der Waals surface area contributed by atoms with Crippen LogP contribution >= 0.6 is 11.8 Å². The van der Waals surface area contributed by atoms with Crippen molar-refractivity contribution in [2.24, 2.45) is 5.41 Å². The van der Waals surface area contributed by atoms with Crippen molar-refractivity contribution in [1.29, 1.82) is 0 Å². The maximum atomic E-state index is 13.2. The maximum Gasteiger partial charge on any atom is 0.327 e. The molecule has 2 aliphatic rings. The van der Waals surface area contributed by atoms with Gasteiger partial charge in [0.15, 0.2) is 0 Å². The minimum Gasteiger partial charge on any atom is -0.480 e. The predicted molar refractivity (Wildman–Crippen MR) is 120 cm³/mol. The molecule has 31 heavy (non-hydrogen) atoms. The number of aryl methyl sites for hydroxylation is 1. The third kappa shape index (κ3) is 5.41. The molecule has 1 amide bonds. The average Bonchev–Trinajstić information content (AvgIpc) is 3.38. The van der Waals surface area contributed by atoms with Crippen LogP contribution in [0, 0.1) is 5.41 Å². The lowest BCUT2D eigenvalue weighted by Gasteiger charge is -2.33. The minimum atomic E-state index is -0.938. The maximum absolute atomic E-state index is 13.2. The number of thioether (sulfide) groups is 1. The van der Waals surface area contributed by atoms with E-state index in [0.717, 1.165) is 23.5 Å². The summed E-state index contributed by atoms with van der Waals surface area (Å²) in [5.74, 6) is 0.113. The number of esters is 1. The Morgan fingerprint density at radius 1 is 1.29 bits per heavy atom. The number of carboxylic acid groups (broad SMARTS) is 1. The minimum absolute atomic E-state index is 0.262. The van der Waals surface area contributed by atoms with Crippen molar-refractivity contribution < 1.29 is 24.2 Å². The number of ether oxygens (including phenoxy) is 1. The monoisotopic (exact) mass is 448 g/mol. The second-order valence-electron chi connectivity index (χ2n) is 8.40. The summed E-state index contributed by atoms with van der Waals surface area (Å²) in [6.45, 7) is 4.15. The quantitative estimate of drug-likeness (QED) is 0.560. The fourth-order valence-corrected chi connectivity index (χ4v) is 6.25. The number of benzene rings is 1. The zero-order chi connectivity index (χ0) is 22.4. The lowest BCUT2D eigenvalue weighted by molar-refractivity contribution is -0.153. The molecule has 2 fully saturated rings. The third-order valence-electron chi connectivity index (χ3n) is 6.35. The number of amides is 1. The number of hydrogen-bond acceptors (Lipinski definition) is 6. The van der Waals surface area contributed by atoms with Crippen LogP contribution in [-0.4, -0.2) is 70.6 Å². The van der Waals surface area contributed by atoms with Gasteiger partial charge in [-0.3, -0.25) is 14.9 Å². The van der Waals surface area contributed by atoms with Gasteiger partial charge in [-0.15, -0.1) is 0 Å². The van der Waals surface area contributed by atoms with E-state index in [1.54, 1.807) is 25.6 Å². The number of likely N-dealkylation sites (tertiary alicyclic amines) is 1. The van der Waals surface area contributed by atoms with Crippen molar-refractivity contribution in [3.05, 3.63) is 35.9 Å². The van der Waals surface area contributed by atoms with Crippen LogP contribution in [0.1, 0.15) is 38.7 Å². The molecule has 1 aromatic carbocycles. The standard InChI is InChI=1S/C23H32N2O5S/c1-3-30-22(29)18(10-9-17-7-5-4-6-8-17)24-16(2)20(26)25-13-11-23(12-14-31-15-23)19(25)21(27)28/h4-8,16,18-19,24H,3,9-15H2,1-2H3,(H,27,28)/t16-,18?,19+,23?/m0/s1. The highest BCUT2D eigenvalue weighted by atomic mass is 32.2. The van der Waals surface area contributed by atoms with Gasteiger partial charge in [0, 0.05) is 17.7 Å². The summed E-state index contributed by atoms with van der Waals surface area (Å²) in [5, 5.41) is 13.0. The zero-order valence-electron chi connectivity index (χ0n) is 18.2. The van der Waals surface area contributed by atoms with Crippen LogP contribution in [0.15, 0.2) is 30.3 Å². The van der Waals surface area contributed by atoms with E-state index in [9.17, 15) is 19.5 Å². The molecule has 0 radical (unpaired) electrons. The highest BCUT2D eigenvalue weighted by molar-refractivity contribution is 7.99. The van der Waals surface area contributed by atoms with E-state index in [1.807, 2.05) is 30.3 Å². The van der Waals surface area contributed by atoms with Crippen molar-refractivity contribution in [2.45, 2.75) is 57.7 Å². The van der Waals surface area contributed by atoms with Gasteiger partial charge in [-0.1, -0.05) is 30.3 Å². The predicted octanol–water partition coefficient (Wildman–Crippen LogP) is 2.34. The summed E-state index contributed by atoms with van der Waals surface area (Å²) >= 11 is 1.76. The molecule has 4 atom stereocenters. The first-order valence-corrected chi connectivity index (χ1v) is 12.1. The summed E-state index contributed by atoms with van der Waals surface area (Å²) < 4.78 is 5.21. The number of nitrogens with one attached hydrogen (secondary N) is 1. The molecule has 2 aliphatic heterocycles. The summed E-state index contributed by atoms with van der Waals surface area (Å²) in [6.07, 6.45) is 2.69. The van der Waals surface area contributed by atoms with Gasteiger partial charge in [0.2, 0.25) is 5.91 Å². The number of hydrogen-bond donors (Lipinski definition) is 2. The van der Waals surface area contributed by atoms with Crippen LogP contribution in [-0.2, 0) is 25.5 Å². The Morgan fingerprint density at radius 3 is 2.65 bits per heavy atom. The lowest BCUT2D eigenvalue weighted by Crippen LogP contribution is -2.55. The van der Waals surface area contributed by atoms with Gasteiger partial charge in [-0.25, -0.2) is 4.79 Å². The summed E-state index contributed by atoms with van der Waals surface area (Å²) in [4.78, 5) is 39.3. The first kappa shape index (κ1) is 23.6. The number of rotatable bonds is 9. The van der Waals surface area contributed by atoms with Gasteiger partial charge >= 0.3 is 11.9 Å². The van der Waals surface area contributed by atoms with Crippen LogP contribution in [0.2, 0.25) is 0 Å². The molecule has 1 aromatic rings. The number of aliphatic carboxylic acids is 1. The molecule has 0 aromatic heterocycles. The largest absolute Gasteiger partial charge is 0.480 e. The molecule has 8 heteroatoms. The fraction of sp³-hybridized carbons (Fsp3) is 0.609. The second-order valence-corrected chi connectivity index (χ2v) is 9.51. The van der Waals surface area contributed by atoms with E-state index in [0.29, 0.717) is 25.8 Å². The third-order valence-corrected chi connectivity index (χ3v) is 7.62. The Kier molecular flexibility index (Phi) is 8.00. The normalized spacial score (nSPS) is 24.8. The average molecular weight is 449 g/mol. The Morgan fingerprint density at radius 2 is 2.03 bits per heavy atom. The highest BCUT2D eigenvalue weighted by Crippen LogP contribution is 2.48. The van der Waals surface area contributed by atoms with E-state index >= 15 is 0 Å². The van der Waals surface area contributed by atoms with Crippen LogP contribution in [0.25, 0.3) is 0 Å². The van der Waals surface area contributed by atoms with Crippen LogP contribution in [0.5, 0.6) is 0 Å². The number of carboxylic acids is 1. The van der Waals surface area contributed by atoms with Crippen molar-refractivity contribution in [1.82, 2.24) is 10.2 Å². The van der Waals surface area contributed by atoms with E-state index in [-0.39, 0.29) is 17.9 Å². The molecular weight excluding hydrogens is 416 g/mol. The Bertz CT molecular complexity index is 781. The lowest BCUT2D eigenvalue weighted by atomic mass is 9.80. The molecule has 2 unspecified atom stereocenters. The number of carbonyl (C=O) groups is 3. The molecule has 0 bridgehead atoms. The first-order chi connectivity index (χ1) is 14.9. The van der Waals surface area contributed by atoms with Crippen LogP contribution in [0.4, 0.5) is 0 Å². The zero-order valence-corrected chi connectivity index (χ0v) is 19.0. The molecule has 3 rings (SSSR count). The fourth-order valence-electron chi connectivity index (χ4n) is 4.70. The summed E-state index contributed by atoms with van der Waals surface area (Å²) in [5.41, 5.74) is 0.767. The first-order valence-electron chi connectivity index (χ1n) is 11.0. The Hall–Kier alpha value is -2.06. The Labute approximate surface area is 187 Å². The van der Waals surface area contributed by atoms with Gasteiger partial charge in [-0.2, -0.15) is 11.8 Å². The topological polar surface area (TPSA) is 95.9 Å². The van der Waals surface area contributed by atoms with Crippen molar-refractivity contribution in [3.8, 4) is 0 Å². The molecule has 2 heterocycles. The molecule has 1 spiro atoms. The van der Waals surface area contributed by atoms with Gasteiger partial charge in [0.05, 0.1) is 12.6 Å². The van der Waals surface area contributed by atoms with Gasteiger partial charge in [-0.05, 0) is 50.8 Å². The number of carbonyl (C=O) groups excluding carboxylic acids is 2. The van der Waals surface area contributed by atoms with Crippen molar-refractivity contribution in [3.63, 3.8) is 0 Å². The van der Waals surface area contributed by atoms with Gasteiger partial charge < -0.3 is 14.7 Å². The number of nitrogens with zero attached hydrogens (tertiary/aromatic N) is 1. The van der Waals surface area contributed by atoms with E-state index in [4.69, 9.17) is 4.74 Å². The molecule has 0 saturated carbocycles. The van der Waals surface area contributed by atoms with Crippen LogP contribution in [0.3, 0.4) is 0 Å².